The van der Waals surface area contributed by atoms with Gasteiger partial charge in [0, 0.05) is 25.8 Å². The number of hydrogen-bond donors (Lipinski definition) is 5. The Morgan fingerprint density at radius 1 is 1.00 bits per heavy atom. The summed E-state index contributed by atoms with van der Waals surface area (Å²) < 4.78 is -1.73. The Balaban J connectivity index is 4.61. The van der Waals surface area contributed by atoms with Crippen LogP contribution in [0.25, 0.3) is 0 Å². The topological polar surface area (TPSA) is 150 Å². The van der Waals surface area contributed by atoms with Crippen LogP contribution in [0.3, 0.4) is 0 Å². The summed E-state index contributed by atoms with van der Waals surface area (Å²) >= 11 is 4.04. The lowest BCUT2D eigenvalue weighted by atomic mass is 9.78. The van der Waals surface area contributed by atoms with Crippen molar-refractivity contribution >= 4 is 42.2 Å². The van der Waals surface area contributed by atoms with Crippen LogP contribution in [0.4, 0.5) is 0 Å². The zero-order valence-corrected chi connectivity index (χ0v) is 18.3. The first-order chi connectivity index (χ1) is 13.3. The fraction of sp³-hybridized carbons (Fsp3) is 0.737. The number of rotatable bonds is 14. The van der Waals surface area contributed by atoms with Gasteiger partial charge in [0.05, 0.1) is 5.41 Å². The van der Waals surface area contributed by atoms with Crippen LogP contribution in [-0.2, 0) is 24.0 Å². The standard InChI is InChI=1S/C19H32N2O7S/c1-5-12(22)8-6-7-11-20-14(23)10-9-13(15(24)25)21-16(26)18(2,3)19(4,29)17(27)28/h13,29H,5-11H2,1-4H3,(H,20,23)(H,21,26)(H,24,25)(H,27,28). The highest BCUT2D eigenvalue weighted by Gasteiger charge is 2.50. The van der Waals surface area contributed by atoms with Gasteiger partial charge in [0.1, 0.15) is 16.6 Å². The minimum atomic E-state index is -1.73. The molecule has 0 bridgehead atoms. The van der Waals surface area contributed by atoms with E-state index in [0.29, 0.717) is 32.2 Å². The van der Waals surface area contributed by atoms with Crippen LogP contribution in [-0.4, -0.2) is 57.1 Å². The van der Waals surface area contributed by atoms with Gasteiger partial charge >= 0.3 is 11.9 Å². The summed E-state index contributed by atoms with van der Waals surface area (Å²) in [5.41, 5.74) is -1.51. The van der Waals surface area contributed by atoms with E-state index in [1.807, 2.05) is 0 Å². The van der Waals surface area contributed by atoms with E-state index < -0.39 is 34.0 Å². The molecule has 0 aromatic rings. The Morgan fingerprint density at radius 3 is 2.07 bits per heavy atom. The van der Waals surface area contributed by atoms with Crippen LogP contribution in [0.5, 0.6) is 0 Å². The second kappa shape index (κ2) is 11.8. The maximum absolute atomic E-state index is 12.5. The lowest BCUT2D eigenvalue weighted by Gasteiger charge is -2.36. The number of unbranched alkanes of at least 4 members (excludes halogenated alkanes) is 1. The van der Waals surface area contributed by atoms with Crippen LogP contribution in [0.15, 0.2) is 0 Å². The van der Waals surface area contributed by atoms with Crippen molar-refractivity contribution in [2.45, 2.75) is 77.0 Å². The summed E-state index contributed by atoms with van der Waals surface area (Å²) in [5.74, 6) is -3.62. The SMILES string of the molecule is CCC(=O)CCCCNC(=O)CCC(NC(=O)C(C)(C)C(C)(S)C(=O)O)C(=O)O. The summed E-state index contributed by atoms with van der Waals surface area (Å²) in [5, 5.41) is 23.5. The molecular formula is C19H32N2O7S. The van der Waals surface area contributed by atoms with E-state index in [-0.39, 0.29) is 24.5 Å². The minimum absolute atomic E-state index is 0.122. The van der Waals surface area contributed by atoms with Crippen molar-refractivity contribution in [1.29, 1.82) is 0 Å². The third-order valence-corrected chi connectivity index (χ3v) is 5.81. The maximum atomic E-state index is 12.5. The van der Waals surface area contributed by atoms with Gasteiger partial charge in [-0.15, -0.1) is 0 Å². The summed E-state index contributed by atoms with van der Waals surface area (Å²) in [6.07, 6.45) is 2.00. The Morgan fingerprint density at radius 2 is 1.59 bits per heavy atom. The molecule has 29 heavy (non-hydrogen) atoms. The van der Waals surface area contributed by atoms with Crippen LogP contribution >= 0.6 is 12.6 Å². The number of carboxylic acids is 2. The molecule has 10 heteroatoms. The maximum Gasteiger partial charge on any atom is 0.326 e. The van der Waals surface area contributed by atoms with Crippen molar-refractivity contribution < 1.29 is 34.2 Å². The van der Waals surface area contributed by atoms with Crippen molar-refractivity contribution in [2.75, 3.05) is 6.54 Å². The van der Waals surface area contributed by atoms with Gasteiger partial charge < -0.3 is 20.8 Å². The number of ketones is 1. The Hall–Kier alpha value is -2.10. The van der Waals surface area contributed by atoms with E-state index >= 15 is 0 Å². The largest absolute Gasteiger partial charge is 0.480 e. The number of Topliss-reactive ketones (excluding diaryl/α,β-unsaturated/α-hetero) is 1. The van der Waals surface area contributed by atoms with Crippen molar-refractivity contribution in [3.8, 4) is 0 Å². The second-order valence-electron chi connectivity index (χ2n) is 7.60. The predicted octanol–water partition coefficient (Wildman–Crippen LogP) is 1.40. The average Bonchev–Trinajstić information content (AvgIpc) is 2.63. The summed E-state index contributed by atoms with van der Waals surface area (Å²) in [6, 6.07) is -1.34. The van der Waals surface area contributed by atoms with Crippen LogP contribution in [0.2, 0.25) is 0 Å². The molecule has 0 saturated heterocycles. The molecule has 0 fully saturated rings. The molecule has 0 aliphatic heterocycles. The number of amides is 2. The third kappa shape index (κ3) is 8.43. The molecule has 2 atom stereocenters. The molecule has 0 aromatic carbocycles. The molecule has 0 spiro atoms. The zero-order valence-electron chi connectivity index (χ0n) is 17.4. The molecule has 2 unspecified atom stereocenters. The lowest BCUT2D eigenvalue weighted by molar-refractivity contribution is -0.149. The molecule has 0 aliphatic carbocycles. The zero-order chi connectivity index (χ0) is 22.8. The quantitative estimate of drug-likeness (QED) is 0.206. The number of hydrogen-bond acceptors (Lipinski definition) is 6. The normalized spacial score (nSPS) is 14.4. The van der Waals surface area contributed by atoms with Gasteiger partial charge in [0.15, 0.2) is 0 Å². The first-order valence-corrected chi connectivity index (χ1v) is 10.00. The van der Waals surface area contributed by atoms with Crippen molar-refractivity contribution in [3.63, 3.8) is 0 Å². The molecule has 0 heterocycles. The van der Waals surface area contributed by atoms with Crippen LogP contribution in [0, 0.1) is 5.41 Å². The first-order valence-electron chi connectivity index (χ1n) is 9.55. The predicted molar refractivity (Wildman–Crippen MR) is 110 cm³/mol. The summed E-state index contributed by atoms with van der Waals surface area (Å²) in [6.45, 7) is 6.15. The van der Waals surface area contributed by atoms with E-state index in [9.17, 15) is 34.2 Å². The number of carbonyl (C=O) groups is 5. The van der Waals surface area contributed by atoms with E-state index in [4.69, 9.17) is 0 Å². The van der Waals surface area contributed by atoms with Crippen LogP contribution in [0.1, 0.15) is 66.2 Å². The molecule has 0 aliphatic rings. The molecule has 2 amide bonds. The number of carbonyl (C=O) groups excluding carboxylic acids is 3. The number of carboxylic acid groups (broad SMARTS) is 2. The molecule has 0 radical (unpaired) electrons. The third-order valence-electron chi connectivity index (χ3n) is 5.06. The highest BCUT2D eigenvalue weighted by molar-refractivity contribution is 7.82. The molecule has 166 valence electrons. The van der Waals surface area contributed by atoms with E-state index in [1.54, 1.807) is 6.92 Å². The van der Waals surface area contributed by atoms with Crippen molar-refractivity contribution in [2.24, 2.45) is 5.41 Å². The summed E-state index contributed by atoms with van der Waals surface area (Å²) in [7, 11) is 0. The van der Waals surface area contributed by atoms with Gasteiger partial charge in [-0.1, -0.05) is 6.92 Å². The molecule has 0 rings (SSSR count). The van der Waals surface area contributed by atoms with E-state index in [0.717, 1.165) is 0 Å². The average molecular weight is 433 g/mol. The van der Waals surface area contributed by atoms with Gasteiger partial charge in [-0.05, 0) is 40.0 Å². The second-order valence-corrected chi connectivity index (χ2v) is 8.50. The molecule has 0 saturated carbocycles. The van der Waals surface area contributed by atoms with Crippen molar-refractivity contribution in [3.05, 3.63) is 0 Å². The number of nitrogens with one attached hydrogen (secondary N) is 2. The van der Waals surface area contributed by atoms with Gasteiger partial charge in [-0.2, -0.15) is 12.6 Å². The molecule has 4 N–H and O–H groups in total. The van der Waals surface area contributed by atoms with Crippen molar-refractivity contribution in [1.82, 2.24) is 10.6 Å². The van der Waals surface area contributed by atoms with Gasteiger partial charge in [-0.25, -0.2) is 4.79 Å². The fourth-order valence-electron chi connectivity index (χ4n) is 2.30. The van der Waals surface area contributed by atoms with Gasteiger partial charge in [-0.3, -0.25) is 19.2 Å². The number of aliphatic carboxylic acids is 2. The first kappa shape index (κ1) is 26.9. The smallest absolute Gasteiger partial charge is 0.326 e. The summed E-state index contributed by atoms with van der Waals surface area (Å²) in [4.78, 5) is 58.4. The van der Waals surface area contributed by atoms with E-state index in [2.05, 4.69) is 23.3 Å². The van der Waals surface area contributed by atoms with Gasteiger partial charge in [0.2, 0.25) is 11.8 Å². The molecule has 9 nitrogen and oxygen atoms in total. The molecular weight excluding hydrogens is 400 g/mol. The highest BCUT2D eigenvalue weighted by atomic mass is 32.1. The van der Waals surface area contributed by atoms with E-state index in [1.165, 1.54) is 20.8 Å². The number of thiol groups is 1. The Labute approximate surface area is 176 Å². The monoisotopic (exact) mass is 432 g/mol. The van der Waals surface area contributed by atoms with Crippen LogP contribution < -0.4 is 10.6 Å². The Bertz CT molecular complexity index is 632. The highest BCUT2D eigenvalue weighted by Crippen LogP contribution is 2.37. The molecule has 0 aromatic heterocycles. The Kier molecular flexibility index (Phi) is 10.9. The van der Waals surface area contributed by atoms with Gasteiger partial charge in [0.25, 0.3) is 0 Å². The lowest BCUT2D eigenvalue weighted by Crippen LogP contribution is -2.56. The fourth-order valence-corrected chi connectivity index (χ4v) is 2.40. The minimum Gasteiger partial charge on any atom is -0.480 e.